The lowest BCUT2D eigenvalue weighted by Crippen LogP contribution is -2.41. The monoisotopic (exact) mass is 283 g/mol. The summed E-state index contributed by atoms with van der Waals surface area (Å²) in [6.45, 7) is 1.27. The molecule has 1 aromatic carbocycles. The van der Waals surface area contributed by atoms with Gasteiger partial charge >= 0.3 is 0 Å². The van der Waals surface area contributed by atoms with Crippen LogP contribution in [0.1, 0.15) is 12.8 Å². The van der Waals surface area contributed by atoms with Gasteiger partial charge in [-0.05, 0) is 18.9 Å². The zero-order valence-corrected chi connectivity index (χ0v) is 11.0. The maximum Gasteiger partial charge on any atom is 0.271 e. The molecule has 19 heavy (non-hydrogen) atoms. The Morgan fingerprint density at radius 3 is 2.84 bits per heavy atom. The molecule has 0 bridgehead atoms. The molecule has 0 spiro atoms. The Morgan fingerprint density at radius 2 is 2.26 bits per heavy atom. The van der Waals surface area contributed by atoms with Gasteiger partial charge in [-0.15, -0.1) is 0 Å². The quantitative estimate of drug-likeness (QED) is 0.678. The predicted octanol–water partition coefficient (Wildman–Crippen LogP) is 1.95. The summed E-state index contributed by atoms with van der Waals surface area (Å²) in [6, 6.07) is 4.35. The molecule has 7 heteroatoms. The Balaban J connectivity index is 2.22. The van der Waals surface area contributed by atoms with Crippen molar-refractivity contribution in [3.05, 3.63) is 33.3 Å². The molecule has 1 heterocycles. The number of benzene rings is 1. The Morgan fingerprint density at radius 1 is 1.53 bits per heavy atom. The fourth-order valence-corrected chi connectivity index (χ4v) is 2.59. The number of hydrogen-bond acceptors (Lipinski definition) is 4. The molecule has 102 valence electrons. The summed E-state index contributed by atoms with van der Waals surface area (Å²) in [5, 5.41) is 11.0. The summed E-state index contributed by atoms with van der Waals surface area (Å²) in [4.78, 5) is 23.3. The minimum absolute atomic E-state index is 0.0442. The van der Waals surface area contributed by atoms with Crippen molar-refractivity contribution in [3.63, 3.8) is 0 Å². The number of carbonyl (C=O) groups excluding carboxylic acids is 1. The van der Waals surface area contributed by atoms with Crippen LogP contribution in [0.3, 0.4) is 0 Å². The molecule has 1 saturated heterocycles. The average Bonchev–Trinajstić information content (AvgIpc) is 2.38. The maximum atomic E-state index is 11.2. The smallest absolute Gasteiger partial charge is 0.271 e. The van der Waals surface area contributed by atoms with Gasteiger partial charge in [0.05, 0.1) is 21.6 Å². The lowest BCUT2D eigenvalue weighted by Gasteiger charge is -2.33. The second kappa shape index (κ2) is 5.44. The summed E-state index contributed by atoms with van der Waals surface area (Å²) in [6.07, 6.45) is 1.62. The number of carbonyl (C=O) groups is 1. The third-order valence-electron chi connectivity index (χ3n) is 3.31. The summed E-state index contributed by atoms with van der Waals surface area (Å²) in [7, 11) is 0. The van der Waals surface area contributed by atoms with Crippen LogP contribution in [0, 0.1) is 16.0 Å². The van der Waals surface area contributed by atoms with E-state index >= 15 is 0 Å². The van der Waals surface area contributed by atoms with Crippen molar-refractivity contribution in [2.75, 3.05) is 18.0 Å². The molecule has 0 unspecified atom stereocenters. The van der Waals surface area contributed by atoms with E-state index in [1.165, 1.54) is 12.1 Å². The van der Waals surface area contributed by atoms with E-state index in [9.17, 15) is 14.9 Å². The number of nitrogens with two attached hydrogens (primary N) is 1. The normalized spacial score (nSPS) is 19.2. The fourth-order valence-electron chi connectivity index (χ4n) is 2.29. The van der Waals surface area contributed by atoms with Crippen molar-refractivity contribution in [1.29, 1.82) is 0 Å². The minimum Gasteiger partial charge on any atom is -0.370 e. The van der Waals surface area contributed by atoms with Gasteiger partial charge in [-0.2, -0.15) is 0 Å². The van der Waals surface area contributed by atoms with E-state index in [0.29, 0.717) is 17.3 Å². The number of hydrogen-bond donors (Lipinski definition) is 1. The highest BCUT2D eigenvalue weighted by molar-refractivity contribution is 6.33. The van der Waals surface area contributed by atoms with Crippen LogP contribution < -0.4 is 10.6 Å². The zero-order chi connectivity index (χ0) is 14.0. The molecule has 1 aliphatic rings. The van der Waals surface area contributed by atoms with Crippen LogP contribution >= 0.6 is 11.6 Å². The number of nitro groups is 1. The van der Waals surface area contributed by atoms with E-state index < -0.39 is 4.92 Å². The van der Waals surface area contributed by atoms with Crippen molar-refractivity contribution in [2.24, 2.45) is 11.7 Å². The minimum atomic E-state index is -0.488. The van der Waals surface area contributed by atoms with Crippen LogP contribution in [0.15, 0.2) is 18.2 Å². The second-order valence-corrected chi connectivity index (χ2v) is 4.99. The number of nitro benzene ring substituents is 1. The van der Waals surface area contributed by atoms with Crippen LogP contribution in [0.2, 0.25) is 5.02 Å². The molecule has 0 aliphatic carbocycles. The highest BCUT2D eigenvalue weighted by Gasteiger charge is 2.25. The van der Waals surface area contributed by atoms with E-state index in [1.54, 1.807) is 6.07 Å². The molecule has 1 fully saturated rings. The lowest BCUT2D eigenvalue weighted by molar-refractivity contribution is -0.384. The molecule has 1 atom stereocenters. The number of rotatable bonds is 3. The number of piperidine rings is 1. The van der Waals surface area contributed by atoms with Gasteiger partial charge < -0.3 is 10.6 Å². The van der Waals surface area contributed by atoms with Gasteiger partial charge in [0.2, 0.25) is 5.91 Å². The Bertz CT molecular complexity index is 521. The van der Waals surface area contributed by atoms with Crippen molar-refractivity contribution >= 4 is 28.9 Å². The summed E-state index contributed by atoms with van der Waals surface area (Å²) < 4.78 is 0. The first-order chi connectivity index (χ1) is 8.99. The number of primary amides is 1. The zero-order valence-electron chi connectivity index (χ0n) is 10.2. The first kappa shape index (κ1) is 13.6. The Hall–Kier alpha value is -1.82. The van der Waals surface area contributed by atoms with Gasteiger partial charge in [-0.25, -0.2) is 0 Å². The van der Waals surface area contributed by atoms with Crippen molar-refractivity contribution < 1.29 is 9.72 Å². The first-order valence-electron chi connectivity index (χ1n) is 5.97. The molecule has 1 aromatic rings. The molecule has 6 nitrogen and oxygen atoms in total. The van der Waals surface area contributed by atoms with Crippen LogP contribution in [0.4, 0.5) is 11.4 Å². The first-order valence-corrected chi connectivity index (χ1v) is 6.35. The van der Waals surface area contributed by atoms with Gasteiger partial charge in [0.1, 0.15) is 0 Å². The van der Waals surface area contributed by atoms with Crippen molar-refractivity contribution in [2.45, 2.75) is 12.8 Å². The van der Waals surface area contributed by atoms with Crippen LogP contribution in [-0.2, 0) is 4.79 Å². The summed E-state index contributed by atoms with van der Waals surface area (Å²) >= 11 is 6.07. The second-order valence-electron chi connectivity index (χ2n) is 4.58. The lowest BCUT2D eigenvalue weighted by atomic mass is 9.97. The van der Waals surface area contributed by atoms with E-state index in [1.807, 2.05) is 4.90 Å². The molecular formula is C12H14ClN3O3. The van der Waals surface area contributed by atoms with E-state index in [-0.39, 0.29) is 17.5 Å². The van der Waals surface area contributed by atoms with Gasteiger partial charge in [0.25, 0.3) is 5.69 Å². The molecule has 2 rings (SSSR count). The molecule has 0 aromatic heterocycles. The number of amides is 1. The van der Waals surface area contributed by atoms with Crippen LogP contribution in [0.25, 0.3) is 0 Å². The summed E-state index contributed by atoms with van der Waals surface area (Å²) in [5.74, 6) is -0.511. The van der Waals surface area contributed by atoms with Gasteiger partial charge in [-0.3, -0.25) is 14.9 Å². The predicted molar refractivity (Wildman–Crippen MR) is 72.2 cm³/mol. The third-order valence-corrected chi connectivity index (χ3v) is 3.61. The van der Waals surface area contributed by atoms with Gasteiger partial charge in [-0.1, -0.05) is 11.6 Å². The average molecular weight is 284 g/mol. The number of halogens is 1. The van der Waals surface area contributed by atoms with Crippen molar-refractivity contribution in [3.8, 4) is 0 Å². The van der Waals surface area contributed by atoms with Crippen molar-refractivity contribution in [1.82, 2.24) is 0 Å². The van der Waals surface area contributed by atoms with E-state index in [2.05, 4.69) is 0 Å². The number of nitrogens with zero attached hydrogens (tertiary/aromatic N) is 2. The third kappa shape index (κ3) is 2.96. The summed E-state index contributed by atoms with van der Waals surface area (Å²) in [5.41, 5.74) is 5.98. The SMILES string of the molecule is NC(=O)[C@H]1CCCN(c2ccc([N+](=O)[O-])cc2Cl)C1. The number of anilines is 1. The molecule has 0 saturated carbocycles. The van der Waals surface area contributed by atoms with E-state index in [4.69, 9.17) is 17.3 Å². The topological polar surface area (TPSA) is 89.5 Å². The Labute approximate surface area is 115 Å². The maximum absolute atomic E-state index is 11.2. The van der Waals surface area contributed by atoms with Gasteiger partial charge in [0, 0.05) is 25.2 Å². The molecule has 1 amide bonds. The van der Waals surface area contributed by atoms with Gasteiger partial charge in [0.15, 0.2) is 0 Å². The molecule has 2 N–H and O–H groups in total. The highest BCUT2D eigenvalue weighted by atomic mass is 35.5. The van der Waals surface area contributed by atoms with Crippen LogP contribution in [0.5, 0.6) is 0 Å². The fraction of sp³-hybridized carbons (Fsp3) is 0.417. The largest absolute Gasteiger partial charge is 0.370 e. The highest BCUT2D eigenvalue weighted by Crippen LogP contribution is 2.32. The molecule has 0 radical (unpaired) electrons. The Kier molecular flexibility index (Phi) is 3.90. The standard InChI is InChI=1S/C12H14ClN3O3/c13-10-6-9(16(18)19)3-4-11(10)15-5-1-2-8(7-15)12(14)17/h3-4,6,8H,1-2,5,7H2,(H2,14,17)/t8-/m0/s1. The van der Waals surface area contributed by atoms with Crippen LogP contribution in [-0.4, -0.2) is 23.9 Å². The molecule has 1 aliphatic heterocycles. The van der Waals surface area contributed by atoms with E-state index in [0.717, 1.165) is 19.4 Å². The molecular weight excluding hydrogens is 270 g/mol. The number of non-ortho nitro benzene ring substituents is 1.